The van der Waals surface area contributed by atoms with Crippen LogP contribution in [0.1, 0.15) is 83.7 Å². The number of hydrogen-bond acceptors (Lipinski definition) is 2. The predicted octanol–water partition coefficient (Wildman–Crippen LogP) is 6.39. The Kier molecular flexibility index (Phi) is 5.41. The van der Waals surface area contributed by atoms with Gasteiger partial charge in [-0.15, -0.1) is 11.3 Å². The second-order valence-electron chi connectivity index (χ2n) is 8.12. The van der Waals surface area contributed by atoms with E-state index in [4.69, 9.17) is 0 Å². The molecule has 1 atom stereocenters. The van der Waals surface area contributed by atoms with Gasteiger partial charge in [0, 0.05) is 33.9 Å². The van der Waals surface area contributed by atoms with Gasteiger partial charge in [-0.1, -0.05) is 13.8 Å². The summed E-state index contributed by atoms with van der Waals surface area (Å²) in [4.78, 5) is 15.3. The molecular weight excluding hydrogens is 350 g/mol. The van der Waals surface area contributed by atoms with Gasteiger partial charge in [-0.25, -0.2) is 0 Å². The molecular formula is C24H31NOS. The predicted molar refractivity (Wildman–Crippen MR) is 115 cm³/mol. The van der Waals surface area contributed by atoms with Crippen molar-refractivity contribution in [2.75, 3.05) is 0 Å². The molecule has 4 rings (SSSR count). The number of hydrogen-bond donors (Lipinski definition) is 0. The van der Waals surface area contributed by atoms with Crippen molar-refractivity contribution < 1.29 is 4.79 Å². The minimum absolute atomic E-state index is 0.311. The number of fused-ring (bicyclic) bond motifs is 2. The van der Waals surface area contributed by atoms with Gasteiger partial charge >= 0.3 is 0 Å². The van der Waals surface area contributed by atoms with Crippen LogP contribution in [0.5, 0.6) is 0 Å². The van der Waals surface area contributed by atoms with E-state index in [0.717, 1.165) is 56.2 Å². The van der Waals surface area contributed by atoms with E-state index in [1.54, 1.807) is 0 Å². The van der Waals surface area contributed by atoms with Crippen molar-refractivity contribution in [2.24, 2.45) is 5.92 Å². The van der Waals surface area contributed by atoms with Crippen LogP contribution < -0.4 is 0 Å². The lowest BCUT2D eigenvalue weighted by atomic mass is 9.84. The molecule has 27 heavy (non-hydrogen) atoms. The summed E-state index contributed by atoms with van der Waals surface area (Å²) in [5, 5.41) is 2.17. The Bertz CT molecular complexity index is 883. The summed E-state index contributed by atoms with van der Waals surface area (Å²) in [5.74, 6) is 0.691. The van der Waals surface area contributed by atoms with E-state index in [2.05, 4.69) is 42.9 Å². The van der Waals surface area contributed by atoms with Gasteiger partial charge in [0.05, 0.1) is 0 Å². The van der Waals surface area contributed by atoms with E-state index in [9.17, 15) is 4.79 Å². The normalized spacial score (nSPS) is 19.2. The number of carbonyl (C=O) groups is 1. The summed E-state index contributed by atoms with van der Waals surface area (Å²) in [6.45, 7) is 7.67. The molecule has 0 radical (unpaired) electrons. The highest BCUT2D eigenvalue weighted by molar-refractivity contribution is 7.10. The lowest BCUT2D eigenvalue weighted by Gasteiger charge is -2.18. The first kappa shape index (κ1) is 18.7. The second-order valence-corrected chi connectivity index (χ2v) is 9.12. The minimum Gasteiger partial charge on any atom is -0.348 e. The number of ketones is 1. The van der Waals surface area contributed by atoms with E-state index in [1.807, 2.05) is 11.3 Å². The minimum atomic E-state index is 0.311. The molecule has 0 saturated carbocycles. The van der Waals surface area contributed by atoms with Crippen LogP contribution in [0.15, 0.2) is 17.0 Å². The van der Waals surface area contributed by atoms with Crippen LogP contribution in [-0.2, 0) is 25.8 Å². The van der Waals surface area contributed by atoms with Gasteiger partial charge in [-0.05, 0) is 92.9 Å². The Hall–Kier alpha value is -1.61. The first-order chi connectivity index (χ1) is 13.2. The Morgan fingerprint density at radius 2 is 2.04 bits per heavy atom. The molecule has 2 aliphatic carbocycles. The molecule has 0 fully saturated rings. The summed E-state index contributed by atoms with van der Waals surface area (Å²) < 4.78 is 2.45. The van der Waals surface area contributed by atoms with Crippen molar-refractivity contribution in [3.63, 3.8) is 0 Å². The average molecular weight is 382 g/mol. The fourth-order valence-corrected chi connectivity index (χ4v) is 5.97. The monoisotopic (exact) mass is 381 g/mol. The Labute approximate surface area is 167 Å². The van der Waals surface area contributed by atoms with Crippen LogP contribution in [-0.4, -0.2) is 10.4 Å². The fourth-order valence-electron chi connectivity index (χ4n) is 5.09. The number of rotatable bonds is 5. The van der Waals surface area contributed by atoms with Gasteiger partial charge in [0.25, 0.3) is 0 Å². The first-order valence-corrected chi connectivity index (χ1v) is 11.6. The molecule has 2 aliphatic rings. The third-order valence-electron chi connectivity index (χ3n) is 6.51. The van der Waals surface area contributed by atoms with Crippen LogP contribution in [0.3, 0.4) is 0 Å². The number of carbonyl (C=O) groups excluding carboxylic acids is 1. The Morgan fingerprint density at radius 1 is 1.22 bits per heavy atom. The molecule has 2 aromatic rings. The molecule has 0 saturated heterocycles. The third-order valence-corrected chi connectivity index (χ3v) is 7.51. The van der Waals surface area contributed by atoms with Crippen molar-refractivity contribution in [3.8, 4) is 0 Å². The van der Waals surface area contributed by atoms with E-state index in [-0.39, 0.29) is 0 Å². The highest BCUT2D eigenvalue weighted by atomic mass is 32.1. The van der Waals surface area contributed by atoms with Crippen molar-refractivity contribution in [3.05, 3.63) is 50.0 Å². The van der Waals surface area contributed by atoms with Crippen molar-refractivity contribution in [1.82, 2.24) is 4.57 Å². The van der Waals surface area contributed by atoms with Gasteiger partial charge in [-0.3, -0.25) is 4.79 Å². The van der Waals surface area contributed by atoms with Gasteiger partial charge in [0.2, 0.25) is 0 Å². The van der Waals surface area contributed by atoms with Crippen molar-refractivity contribution >= 4 is 23.2 Å². The van der Waals surface area contributed by atoms with Crippen molar-refractivity contribution in [2.45, 2.75) is 78.7 Å². The number of thiophene rings is 1. The van der Waals surface area contributed by atoms with Crippen LogP contribution in [0.2, 0.25) is 0 Å². The van der Waals surface area contributed by atoms with E-state index in [0.29, 0.717) is 11.7 Å². The zero-order valence-corrected chi connectivity index (χ0v) is 17.8. The molecule has 2 aromatic heterocycles. The number of nitrogens with zero attached hydrogens (tertiary/aromatic N) is 1. The lowest BCUT2D eigenvalue weighted by molar-refractivity contribution is 0.102. The summed E-state index contributed by atoms with van der Waals surface area (Å²) >= 11 is 1.84. The Balaban J connectivity index is 1.82. The molecule has 0 amide bonds. The summed E-state index contributed by atoms with van der Waals surface area (Å²) in [6.07, 6.45) is 11.3. The Morgan fingerprint density at radius 3 is 2.81 bits per heavy atom. The van der Waals surface area contributed by atoms with Crippen LogP contribution in [0.25, 0.3) is 6.08 Å². The molecule has 1 unspecified atom stereocenters. The third kappa shape index (κ3) is 3.24. The topological polar surface area (TPSA) is 22.0 Å². The van der Waals surface area contributed by atoms with Gasteiger partial charge in [0.1, 0.15) is 0 Å². The highest BCUT2D eigenvalue weighted by Crippen LogP contribution is 2.37. The smallest absolute Gasteiger partial charge is 0.191 e. The highest BCUT2D eigenvalue weighted by Gasteiger charge is 2.31. The SMILES string of the molecule is CCCn1c(C)c(C(=O)C2=Cc3ccsc3CCC2CC)c2c1CCCC2. The molecule has 0 bridgehead atoms. The lowest BCUT2D eigenvalue weighted by Crippen LogP contribution is -2.15. The van der Waals surface area contributed by atoms with E-state index in [1.165, 1.54) is 40.2 Å². The number of aryl methyl sites for hydroxylation is 1. The summed E-state index contributed by atoms with van der Waals surface area (Å²) in [6, 6.07) is 2.19. The number of aromatic nitrogens is 1. The molecule has 3 heteroatoms. The van der Waals surface area contributed by atoms with Gasteiger partial charge in [-0.2, -0.15) is 0 Å². The summed E-state index contributed by atoms with van der Waals surface area (Å²) in [7, 11) is 0. The number of allylic oxidation sites excluding steroid dienone is 1. The summed E-state index contributed by atoms with van der Waals surface area (Å²) in [5.41, 5.74) is 7.39. The quantitative estimate of drug-likeness (QED) is 0.550. The maximum atomic E-state index is 13.9. The van der Waals surface area contributed by atoms with E-state index < -0.39 is 0 Å². The molecule has 2 heterocycles. The zero-order valence-electron chi connectivity index (χ0n) is 16.9. The van der Waals surface area contributed by atoms with Gasteiger partial charge in [0.15, 0.2) is 5.78 Å². The van der Waals surface area contributed by atoms with Crippen molar-refractivity contribution in [1.29, 1.82) is 0 Å². The van der Waals surface area contributed by atoms with Crippen LogP contribution in [0, 0.1) is 12.8 Å². The van der Waals surface area contributed by atoms with E-state index >= 15 is 0 Å². The van der Waals surface area contributed by atoms with Gasteiger partial charge < -0.3 is 4.57 Å². The maximum absolute atomic E-state index is 13.9. The molecule has 0 aromatic carbocycles. The maximum Gasteiger partial charge on any atom is 0.191 e. The molecule has 0 spiro atoms. The average Bonchev–Trinajstić information content (AvgIpc) is 3.18. The molecule has 2 nitrogen and oxygen atoms in total. The molecule has 144 valence electrons. The fraction of sp³-hybridized carbons (Fsp3) is 0.542. The molecule has 0 N–H and O–H groups in total. The first-order valence-electron chi connectivity index (χ1n) is 10.7. The molecule has 0 aliphatic heterocycles. The van der Waals surface area contributed by atoms with Crippen LogP contribution in [0.4, 0.5) is 0 Å². The second kappa shape index (κ2) is 7.79. The van der Waals surface area contributed by atoms with Crippen LogP contribution >= 0.6 is 11.3 Å². The largest absolute Gasteiger partial charge is 0.348 e. The zero-order chi connectivity index (χ0) is 19.0. The standard InChI is InChI=1S/C24H31NOS/c1-4-13-25-16(3)23(19-8-6-7-9-21(19)25)24(26)20-15-18-12-14-27-22(18)11-10-17(20)5-2/h12,14-15,17H,4-11,13H2,1-3H3. The number of Topliss-reactive ketones (excluding diaryl/α,β-unsaturated/α-hetero) is 1.